The summed E-state index contributed by atoms with van der Waals surface area (Å²) in [6, 6.07) is 24.4. The van der Waals surface area contributed by atoms with E-state index < -0.39 is 34.3 Å². The van der Waals surface area contributed by atoms with Crippen molar-refractivity contribution in [1.82, 2.24) is 14.1 Å². The molecule has 1 aliphatic rings. The van der Waals surface area contributed by atoms with Crippen LogP contribution < -0.4 is 0 Å². The van der Waals surface area contributed by atoms with Crippen LogP contribution in [0.25, 0.3) is 0 Å². The molecule has 3 aromatic rings. The Morgan fingerprint density at radius 1 is 0.909 bits per heavy atom. The summed E-state index contributed by atoms with van der Waals surface area (Å²) in [5.74, 6) is 0. The van der Waals surface area contributed by atoms with Gasteiger partial charge in [-0.1, -0.05) is 78.9 Å². The number of alkyl halides is 3. The van der Waals surface area contributed by atoms with E-state index >= 15 is 13.2 Å². The highest BCUT2D eigenvalue weighted by Crippen LogP contribution is 2.45. The van der Waals surface area contributed by atoms with Gasteiger partial charge in [0.1, 0.15) is 12.0 Å². The molecule has 4 rings (SSSR count). The van der Waals surface area contributed by atoms with E-state index in [-0.39, 0.29) is 36.1 Å². The van der Waals surface area contributed by atoms with Crippen LogP contribution in [0.4, 0.5) is 18.0 Å². The van der Waals surface area contributed by atoms with Crippen molar-refractivity contribution >= 4 is 16.1 Å². The summed E-state index contributed by atoms with van der Waals surface area (Å²) in [5, 5.41) is 0. The number of nitrogens with zero attached hydrogens (tertiary/aromatic N) is 3. The van der Waals surface area contributed by atoms with E-state index in [4.69, 9.17) is 4.74 Å². The summed E-state index contributed by atoms with van der Waals surface area (Å²) in [5.41, 5.74) is -1.52. The zero-order valence-corrected chi connectivity index (χ0v) is 25.9. The Bertz CT molecular complexity index is 1440. The molecular weight excluding hydrogens is 591 g/mol. The van der Waals surface area contributed by atoms with E-state index in [1.165, 1.54) is 31.3 Å². The van der Waals surface area contributed by atoms with Gasteiger partial charge in [-0.15, -0.1) is 0 Å². The van der Waals surface area contributed by atoms with Crippen LogP contribution in [0.1, 0.15) is 37.3 Å². The van der Waals surface area contributed by atoms with Crippen molar-refractivity contribution in [1.29, 1.82) is 0 Å². The van der Waals surface area contributed by atoms with Crippen molar-refractivity contribution in [2.75, 3.05) is 39.8 Å². The lowest BCUT2D eigenvalue weighted by Gasteiger charge is -2.42. The second-order valence-corrected chi connectivity index (χ2v) is 13.2. The lowest BCUT2D eigenvalue weighted by molar-refractivity contribution is -0.196. The van der Waals surface area contributed by atoms with Crippen molar-refractivity contribution in [3.63, 3.8) is 0 Å². The first-order valence-electron chi connectivity index (χ1n) is 14.8. The minimum absolute atomic E-state index is 0.0239. The molecule has 1 atom stereocenters. The van der Waals surface area contributed by atoms with Crippen LogP contribution in [0.3, 0.4) is 0 Å². The summed E-state index contributed by atoms with van der Waals surface area (Å²) >= 11 is 0. The van der Waals surface area contributed by atoms with E-state index in [1.54, 1.807) is 41.3 Å². The smallest absolute Gasteiger partial charge is 0.410 e. The summed E-state index contributed by atoms with van der Waals surface area (Å²) in [6.07, 6.45) is -4.26. The number of hydrogen-bond donors (Lipinski definition) is 0. The molecule has 1 saturated heterocycles. The maximum atomic E-state index is 15.2. The maximum absolute atomic E-state index is 15.2. The molecule has 0 bridgehead atoms. The minimum Gasteiger partial charge on any atom is -0.445 e. The predicted octanol–water partition coefficient (Wildman–Crippen LogP) is 6.32. The monoisotopic (exact) mass is 631 g/mol. The lowest BCUT2D eigenvalue weighted by atomic mass is 9.76. The number of rotatable bonds is 12. The van der Waals surface area contributed by atoms with Crippen molar-refractivity contribution in [3.8, 4) is 0 Å². The molecule has 0 radical (unpaired) electrons. The molecule has 3 aromatic carbocycles. The molecule has 0 spiro atoms. The van der Waals surface area contributed by atoms with E-state index in [1.807, 2.05) is 42.2 Å². The van der Waals surface area contributed by atoms with Crippen LogP contribution in [0.2, 0.25) is 0 Å². The fourth-order valence-corrected chi connectivity index (χ4v) is 7.10. The second-order valence-electron chi connectivity index (χ2n) is 11.2. The number of ether oxygens (including phenoxy) is 1. The number of carbonyl (C=O) groups is 1. The molecule has 1 fully saturated rings. The number of hydrogen-bond acceptors (Lipinski definition) is 5. The molecule has 11 heteroatoms. The first kappa shape index (κ1) is 33.5. The van der Waals surface area contributed by atoms with Gasteiger partial charge in [0.2, 0.25) is 10.0 Å². The highest BCUT2D eigenvalue weighted by Gasteiger charge is 2.57. The standard InChI is InChI=1S/C33H40F3N3O4S/c1-3-39(31(40)43-25-27-13-7-4-8-14-27)29-19-22-38(23-20-29)24-21-32(33(34,35)36,28-15-9-5-10-16-28)26-37(2)44(41,42)30-17-11-6-12-18-30/h4-18,29H,3,19-26H2,1-2H3. The van der Waals surface area contributed by atoms with Gasteiger partial charge in [0, 0.05) is 39.3 Å². The summed E-state index contributed by atoms with van der Waals surface area (Å²) < 4.78 is 78.4. The largest absolute Gasteiger partial charge is 0.445 e. The first-order chi connectivity index (χ1) is 21.0. The molecule has 44 heavy (non-hydrogen) atoms. The Balaban J connectivity index is 1.46. The van der Waals surface area contributed by atoms with Gasteiger partial charge < -0.3 is 14.5 Å². The van der Waals surface area contributed by atoms with Gasteiger partial charge in [-0.3, -0.25) is 0 Å². The first-order valence-corrected chi connectivity index (χ1v) is 16.3. The van der Waals surface area contributed by atoms with E-state index in [0.717, 1.165) is 9.87 Å². The number of likely N-dealkylation sites (tertiary alicyclic amines) is 1. The Morgan fingerprint density at radius 3 is 2.00 bits per heavy atom. The van der Waals surface area contributed by atoms with Gasteiger partial charge >= 0.3 is 12.3 Å². The van der Waals surface area contributed by atoms with E-state index in [0.29, 0.717) is 32.5 Å². The number of sulfonamides is 1. The molecule has 0 aromatic heterocycles. The second kappa shape index (κ2) is 14.6. The third kappa shape index (κ3) is 7.80. The van der Waals surface area contributed by atoms with Crippen LogP contribution in [-0.2, 0) is 26.8 Å². The van der Waals surface area contributed by atoms with Gasteiger partial charge in [0.15, 0.2) is 0 Å². The molecule has 1 amide bonds. The van der Waals surface area contributed by atoms with Crippen LogP contribution in [0, 0.1) is 0 Å². The molecule has 7 nitrogen and oxygen atoms in total. The Labute approximate surface area is 258 Å². The normalized spacial score (nSPS) is 16.4. The highest BCUT2D eigenvalue weighted by atomic mass is 32.2. The fraction of sp³-hybridized carbons (Fsp3) is 0.424. The van der Waals surface area contributed by atoms with Gasteiger partial charge in [-0.25, -0.2) is 13.2 Å². The molecule has 0 N–H and O–H groups in total. The number of benzene rings is 3. The number of piperidine rings is 1. The molecule has 1 aliphatic heterocycles. The topological polar surface area (TPSA) is 70.2 Å². The molecule has 0 aliphatic carbocycles. The summed E-state index contributed by atoms with van der Waals surface area (Å²) in [6.45, 7) is 2.89. The molecule has 238 valence electrons. The highest BCUT2D eigenvalue weighted by molar-refractivity contribution is 7.89. The van der Waals surface area contributed by atoms with Crippen molar-refractivity contribution in [3.05, 3.63) is 102 Å². The van der Waals surface area contributed by atoms with Crippen molar-refractivity contribution in [2.45, 2.75) is 55.3 Å². The Hall–Kier alpha value is -3.41. The van der Waals surface area contributed by atoms with Crippen molar-refractivity contribution in [2.24, 2.45) is 0 Å². The van der Waals surface area contributed by atoms with Crippen LogP contribution in [-0.4, -0.2) is 80.6 Å². The molecule has 1 heterocycles. The number of amides is 1. The minimum atomic E-state index is -4.73. The fourth-order valence-electron chi connectivity index (χ4n) is 5.85. The zero-order chi connectivity index (χ0) is 31.8. The lowest BCUT2D eigenvalue weighted by Crippen LogP contribution is -2.54. The van der Waals surface area contributed by atoms with Gasteiger partial charge in [-0.05, 0) is 56.0 Å². The average molecular weight is 632 g/mol. The number of likely N-dealkylation sites (N-methyl/N-ethyl adjacent to an activating group) is 1. The average Bonchev–Trinajstić information content (AvgIpc) is 3.03. The van der Waals surface area contributed by atoms with Crippen LogP contribution in [0.15, 0.2) is 95.9 Å². The third-order valence-electron chi connectivity index (χ3n) is 8.45. The SMILES string of the molecule is CCN(C(=O)OCc1ccccc1)C1CCN(CCC(CN(C)S(=O)(=O)c2ccccc2)(c2ccccc2)C(F)(F)F)CC1. The van der Waals surface area contributed by atoms with Crippen molar-refractivity contribution < 1.29 is 31.1 Å². The number of halogens is 3. The summed E-state index contributed by atoms with van der Waals surface area (Å²) in [7, 11) is -2.96. The quantitative estimate of drug-likeness (QED) is 0.234. The van der Waals surface area contributed by atoms with E-state index in [2.05, 4.69) is 0 Å². The predicted molar refractivity (Wildman–Crippen MR) is 164 cm³/mol. The molecular formula is C33H40F3N3O4S. The van der Waals surface area contributed by atoms with Gasteiger partial charge in [0.25, 0.3) is 0 Å². The molecule has 0 saturated carbocycles. The maximum Gasteiger partial charge on any atom is 0.410 e. The Morgan fingerprint density at radius 2 is 1.45 bits per heavy atom. The third-order valence-corrected chi connectivity index (χ3v) is 10.3. The van der Waals surface area contributed by atoms with Crippen LogP contribution in [0.5, 0.6) is 0 Å². The zero-order valence-electron chi connectivity index (χ0n) is 25.1. The molecule has 1 unspecified atom stereocenters. The van der Waals surface area contributed by atoms with E-state index in [9.17, 15) is 13.2 Å². The van der Waals surface area contributed by atoms with Gasteiger partial charge in [0.05, 0.1) is 4.90 Å². The Kier molecular flexibility index (Phi) is 11.1. The van der Waals surface area contributed by atoms with Crippen LogP contribution >= 0.6 is 0 Å². The number of carbonyl (C=O) groups excluding carboxylic acids is 1. The summed E-state index contributed by atoms with van der Waals surface area (Å²) in [4.78, 5) is 16.4. The van der Waals surface area contributed by atoms with Gasteiger partial charge in [-0.2, -0.15) is 17.5 Å².